The maximum Gasteiger partial charge on any atom is 0.275 e. The van der Waals surface area contributed by atoms with E-state index in [4.69, 9.17) is 11.6 Å². The number of carbonyl (C=O) groups excluding carboxylic acids is 1. The molecule has 2 aromatic heterocycles. The Morgan fingerprint density at radius 2 is 1.66 bits per heavy atom. The first-order valence-corrected chi connectivity index (χ1v) is 9.72. The smallest absolute Gasteiger partial charge is 0.275 e. The van der Waals surface area contributed by atoms with Gasteiger partial charge in [0.2, 0.25) is 0 Å². The van der Waals surface area contributed by atoms with Crippen LogP contribution in [-0.2, 0) is 13.0 Å². The third-order valence-electron chi connectivity index (χ3n) is 4.56. The molecule has 29 heavy (non-hydrogen) atoms. The average molecular weight is 406 g/mol. The first-order valence-electron chi connectivity index (χ1n) is 9.34. The lowest BCUT2D eigenvalue weighted by atomic mass is 10.1. The second-order valence-electron chi connectivity index (χ2n) is 6.63. The molecule has 0 aliphatic carbocycles. The van der Waals surface area contributed by atoms with Crippen LogP contribution in [0, 0.1) is 0 Å². The molecule has 0 aliphatic rings. The minimum absolute atomic E-state index is 0.244. The summed E-state index contributed by atoms with van der Waals surface area (Å²) < 4.78 is 3.57. The highest BCUT2D eigenvalue weighted by Crippen LogP contribution is 2.16. The molecule has 0 bridgehead atoms. The van der Waals surface area contributed by atoms with Crippen LogP contribution in [0.2, 0.25) is 5.02 Å². The first-order chi connectivity index (χ1) is 14.2. The molecule has 1 N–H and O–H groups in total. The van der Waals surface area contributed by atoms with Crippen molar-refractivity contribution in [3.05, 3.63) is 101 Å². The number of hydrogen-bond acceptors (Lipinski definition) is 3. The highest BCUT2D eigenvalue weighted by molar-refractivity contribution is 6.30. The van der Waals surface area contributed by atoms with Crippen LogP contribution in [0.3, 0.4) is 0 Å². The fourth-order valence-electron chi connectivity index (χ4n) is 3.10. The molecule has 0 saturated heterocycles. The summed E-state index contributed by atoms with van der Waals surface area (Å²) in [6.45, 7) is 1.01. The van der Waals surface area contributed by atoms with E-state index in [0.717, 1.165) is 12.0 Å². The van der Waals surface area contributed by atoms with E-state index in [1.165, 1.54) is 5.56 Å². The van der Waals surface area contributed by atoms with Crippen LogP contribution >= 0.6 is 11.6 Å². The molecule has 0 fully saturated rings. The van der Waals surface area contributed by atoms with Crippen molar-refractivity contribution in [2.45, 2.75) is 13.0 Å². The van der Waals surface area contributed by atoms with Crippen molar-refractivity contribution in [1.29, 1.82) is 0 Å². The van der Waals surface area contributed by atoms with Crippen molar-refractivity contribution in [2.75, 3.05) is 6.54 Å². The van der Waals surface area contributed by atoms with Gasteiger partial charge in [0.25, 0.3) is 5.91 Å². The third kappa shape index (κ3) is 4.55. The van der Waals surface area contributed by atoms with Gasteiger partial charge >= 0.3 is 0 Å². The number of nitrogens with zero attached hydrogens (tertiary/aromatic N) is 4. The Balaban J connectivity index is 1.54. The predicted octanol–water partition coefficient (Wildman–Crippen LogP) is 3.74. The van der Waals surface area contributed by atoms with Gasteiger partial charge in [0.05, 0.1) is 6.54 Å². The number of nitrogens with one attached hydrogen (secondary N) is 1. The summed E-state index contributed by atoms with van der Waals surface area (Å²) in [4.78, 5) is 12.8. The van der Waals surface area contributed by atoms with E-state index in [0.29, 0.717) is 29.6 Å². The molecular weight excluding hydrogens is 386 g/mol. The normalized spacial score (nSPS) is 10.8. The van der Waals surface area contributed by atoms with E-state index in [1.54, 1.807) is 4.68 Å². The largest absolute Gasteiger partial charge is 0.350 e. The summed E-state index contributed by atoms with van der Waals surface area (Å²) in [5.74, 6) is 0.383. The van der Waals surface area contributed by atoms with Gasteiger partial charge in [-0.15, -0.1) is 5.10 Å². The number of halogens is 1. The van der Waals surface area contributed by atoms with Gasteiger partial charge in [-0.05, 0) is 41.8 Å². The molecule has 2 aromatic carbocycles. The summed E-state index contributed by atoms with van der Waals surface area (Å²) in [5.41, 5.74) is 2.48. The van der Waals surface area contributed by atoms with Gasteiger partial charge in [-0.25, -0.2) is 4.68 Å². The molecule has 0 radical (unpaired) electrons. The van der Waals surface area contributed by atoms with Gasteiger partial charge in [-0.3, -0.25) is 4.79 Å². The molecule has 2 heterocycles. The fraction of sp³-hybridized carbons (Fsp3) is 0.136. The number of benzene rings is 2. The zero-order valence-electron chi connectivity index (χ0n) is 15.7. The van der Waals surface area contributed by atoms with Crippen molar-refractivity contribution >= 4 is 17.5 Å². The van der Waals surface area contributed by atoms with Gasteiger partial charge in [-0.2, -0.15) is 0 Å². The second-order valence-corrected chi connectivity index (χ2v) is 7.06. The van der Waals surface area contributed by atoms with Gasteiger partial charge in [-0.1, -0.05) is 59.3 Å². The maximum atomic E-state index is 12.8. The molecule has 4 rings (SSSR count). The van der Waals surface area contributed by atoms with Crippen molar-refractivity contribution < 1.29 is 4.79 Å². The quantitative estimate of drug-likeness (QED) is 0.509. The van der Waals surface area contributed by atoms with Gasteiger partial charge in [0.15, 0.2) is 11.5 Å². The van der Waals surface area contributed by atoms with Crippen LogP contribution in [0.15, 0.2) is 79.1 Å². The maximum absolute atomic E-state index is 12.8. The van der Waals surface area contributed by atoms with Crippen molar-refractivity contribution in [3.8, 4) is 5.82 Å². The zero-order chi connectivity index (χ0) is 20.1. The van der Waals surface area contributed by atoms with Crippen molar-refractivity contribution in [2.24, 2.45) is 0 Å². The Labute approximate surface area is 173 Å². The Morgan fingerprint density at radius 1 is 0.931 bits per heavy atom. The number of carbonyl (C=O) groups is 1. The zero-order valence-corrected chi connectivity index (χ0v) is 16.5. The summed E-state index contributed by atoms with van der Waals surface area (Å²) in [7, 11) is 0. The van der Waals surface area contributed by atoms with E-state index in [1.807, 2.05) is 83.7 Å². The van der Waals surface area contributed by atoms with Crippen LogP contribution in [-0.4, -0.2) is 32.0 Å². The average Bonchev–Trinajstić information content (AvgIpc) is 3.40. The summed E-state index contributed by atoms with van der Waals surface area (Å²) in [6.07, 6.45) is 4.50. The van der Waals surface area contributed by atoms with E-state index in [9.17, 15) is 4.79 Å². The molecular formula is C22H20ClN5O. The molecule has 0 aliphatic heterocycles. The summed E-state index contributed by atoms with van der Waals surface area (Å²) in [6, 6.07) is 21.4. The predicted molar refractivity (Wildman–Crippen MR) is 112 cm³/mol. The summed E-state index contributed by atoms with van der Waals surface area (Å²) >= 11 is 5.97. The topological polar surface area (TPSA) is 64.7 Å². The van der Waals surface area contributed by atoms with Crippen molar-refractivity contribution in [1.82, 2.24) is 24.9 Å². The molecule has 0 atom stereocenters. The van der Waals surface area contributed by atoms with Crippen LogP contribution in [0.1, 0.15) is 21.6 Å². The SMILES string of the molecule is O=C(NCCc1ccccc1)c1nnn(Cc2ccc(Cl)cc2)c1-n1cccc1. The van der Waals surface area contributed by atoms with E-state index in [-0.39, 0.29) is 5.91 Å². The van der Waals surface area contributed by atoms with E-state index < -0.39 is 0 Å². The standard InChI is InChI=1S/C22H20ClN5O/c23-19-10-8-18(9-11-19)16-28-22(27-14-4-5-15-27)20(25-26-28)21(29)24-13-12-17-6-2-1-3-7-17/h1-11,14-15H,12-13,16H2,(H,24,29). The Hall–Kier alpha value is -3.38. The molecule has 0 saturated carbocycles. The van der Waals surface area contributed by atoms with Gasteiger partial charge in [0.1, 0.15) is 0 Å². The number of hydrogen-bond donors (Lipinski definition) is 1. The van der Waals surface area contributed by atoms with Crippen LogP contribution in [0.5, 0.6) is 0 Å². The Bertz CT molecular complexity index is 1070. The van der Waals surface area contributed by atoms with E-state index in [2.05, 4.69) is 15.6 Å². The van der Waals surface area contributed by atoms with Crippen LogP contribution < -0.4 is 5.32 Å². The minimum Gasteiger partial charge on any atom is -0.350 e. The number of rotatable bonds is 7. The Morgan fingerprint density at radius 3 is 2.38 bits per heavy atom. The molecule has 1 amide bonds. The lowest BCUT2D eigenvalue weighted by molar-refractivity contribution is 0.0949. The van der Waals surface area contributed by atoms with Crippen molar-refractivity contribution in [3.63, 3.8) is 0 Å². The highest BCUT2D eigenvalue weighted by atomic mass is 35.5. The molecule has 0 unspecified atom stereocenters. The highest BCUT2D eigenvalue weighted by Gasteiger charge is 2.21. The van der Waals surface area contributed by atoms with Gasteiger partial charge < -0.3 is 9.88 Å². The van der Waals surface area contributed by atoms with Crippen LogP contribution in [0.25, 0.3) is 5.82 Å². The molecule has 7 heteroatoms. The lowest BCUT2D eigenvalue weighted by Gasteiger charge is -2.10. The minimum atomic E-state index is -0.244. The van der Waals surface area contributed by atoms with Gasteiger partial charge in [0, 0.05) is 24.0 Å². The third-order valence-corrected chi connectivity index (χ3v) is 4.81. The Kier molecular flexibility index (Phi) is 5.72. The molecule has 0 spiro atoms. The monoisotopic (exact) mass is 405 g/mol. The lowest BCUT2D eigenvalue weighted by Crippen LogP contribution is -2.27. The fourth-order valence-corrected chi connectivity index (χ4v) is 3.23. The van der Waals surface area contributed by atoms with Crippen LogP contribution in [0.4, 0.5) is 0 Å². The first kappa shape index (κ1) is 19.0. The number of amides is 1. The number of aromatic nitrogens is 4. The molecule has 146 valence electrons. The van der Waals surface area contributed by atoms with E-state index >= 15 is 0 Å². The second kappa shape index (κ2) is 8.75. The molecule has 4 aromatic rings. The summed E-state index contributed by atoms with van der Waals surface area (Å²) in [5, 5.41) is 12.0. The molecule has 6 nitrogen and oxygen atoms in total.